The van der Waals surface area contributed by atoms with Crippen LogP contribution in [-0.2, 0) is 0 Å². The smallest absolute Gasteiger partial charge is 0.336 e. The molecule has 0 saturated carbocycles. The molecule has 0 spiro atoms. The Balaban J connectivity index is 2.54. The third kappa shape index (κ3) is 4.97. The van der Waals surface area contributed by atoms with Crippen LogP contribution in [0.1, 0.15) is 35.2 Å². The van der Waals surface area contributed by atoms with Crippen LogP contribution < -0.4 is 0 Å². The molecule has 0 bridgehead atoms. The average molecular weight is 246 g/mol. The van der Waals surface area contributed by atoms with Gasteiger partial charge in [-0.2, -0.15) is 0 Å². The lowest BCUT2D eigenvalue weighted by atomic mass is 10.1. The molecular weight excluding hydrogens is 228 g/mol. The van der Waals surface area contributed by atoms with E-state index in [-0.39, 0.29) is 6.61 Å². The minimum Gasteiger partial charge on any atom is -0.478 e. The Morgan fingerprint density at radius 3 is 2.67 bits per heavy atom. The largest absolute Gasteiger partial charge is 0.478 e. The third-order valence-electron chi connectivity index (χ3n) is 2.49. The summed E-state index contributed by atoms with van der Waals surface area (Å²) in [6.07, 6.45) is 10.2. The van der Waals surface area contributed by atoms with Crippen molar-refractivity contribution in [3.63, 3.8) is 0 Å². The molecule has 0 aliphatic rings. The van der Waals surface area contributed by atoms with E-state index in [1.54, 1.807) is 24.3 Å². The highest BCUT2D eigenvalue weighted by molar-refractivity contribution is 5.92. The van der Waals surface area contributed by atoms with Crippen molar-refractivity contribution in [1.29, 1.82) is 0 Å². The van der Waals surface area contributed by atoms with E-state index in [1.165, 1.54) is 0 Å². The summed E-state index contributed by atoms with van der Waals surface area (Å²) in [5.41, 5.74) is 1.01. The number of carboxylic acid groups (broad SMARTS) is 1. The molecule has 1 aromatic carbocycles. The van der Waals surface area contributed by atoms with Crippen LogP contribution in [-0.4, -0.2) is 22.8 Å². The number of aliphatic hydroxyl groups is 1. The van der Waals surface area contributed by atoms with Crippen LogP contribution in [0, 0.1) is 0 Å². The molecule has 0 aliphatic heterocycles. The van der Waals surface area contributed by atoms with Crippen LogP contribution in [0.15, 0.2) is 42.5 Å². The summed E-state index contributed by atoms with van der Waals surface area (Å²) in [6, 6.07) is 6.90. The summed E-state index contributed by atoms with van der Waals surface area (Å²) in [5.74, 6) is -0.915. The zero-order valence-corrected chi connectivity index (χ0v) is 10.2. The zero-order chi connectivity index (χ0) is 13.2. The lowest BCUT2D eigenvalue weighted by Crippen LogP contribution is -1.98. The highest BCUT2D eigenvalue weighted by atomic mass is 16.4. The van der Waals surface area contributed by atoms with E-state index in [4.69, 9.17) is 10.2 Å². The molecule has 0 heterocycles. The van der Waals surface area contributed by atoms with Crippen LogP contribution in [0.3, 0.4) is 0 Å². The van der Waals surface area contributed by atoms with E-state index in [0.717, 1.165) is 19.3 Å². The molecule has 0 aromatic heterocycles. The first-order chi connectivity index (χ1) is 8.75. The summed E-state index contributed by atoms with van der Waals surface area (Å²) in [7, 11) is 0. The predicted molar refractivity (Wildman–Crippen MR) is 72.5 cm³/mol. The van der Waals surface area contributed by atoms with Crippen molar-refractivity contribution in [1.82, 2.24) is 0 Å². The highest BCUT2D eigenvalue weighted by Gasteiger charge is 2.05. The Morgan fingerprint density at radius 2 is 1.94 bits per heavy atom. The van der Waals surface area contributed by atoms with Crippen molar-refractivity contribution in [3.05, 3.63) is 53.6 Å². The molecule has 0 unspecified atom stereocenters. The summed E-state index contributed by atoms with van der Waals surface area (Å²) in [5, 5.41) is 17.6. The fraction of sp³-hybridized carbons (Fsp3) is 0.267. The Bertz CT molecular complexity index is 433. The predicted octanol–water partition coefficient (Wildman–Crippen LogP) is 3.12. The van der Waals surface area contributed by atoms with Gasteiger partial charge in [0, 0.05) is 6.61 Å². The molecule has 3 nitrogen and oxygen atoms in total. The maximum absolute atomic E-state index is 11.0. The van der Waals surface area contributed by atoms with E-state index < -0.39 is 5.97 Å². The lowest BCUT2D eigenvalue weighted by molar-refractivity contribution is 0.0696. The van der Waals surface area contributed by atoms with Crippen molar-refractivity contribution in [2.75, 3.05) is 6.61 Å². The molecule has 0 aliphatic carbocycles. The maximum atomic E-state index is 11.0. The molecule has 1 aromatic rings. The Hall–Kier alpha value is -1.87. The molecule has 0 amide bonds. The normalized spacial score (nSPS) is 11.4. The second kappa shape index (κ2) is 8.25. The van der Waals surface area contributed by atoms with Crippen LogP contribution >= 0.6 is 0 Å². The Morgan fingerprint density at radius 1 is 1.17 bits per heavy atom. The standard InChI is InChI=1S/C15H18O3/c16-12-8-4-2-1-3-5-9-13-10-6-7-11-14(13)15(17)18/h1,3,5-7,9-11,16H,2,4,8,12H2,(H,17,18)/b3-1-,9-5+. The van der Waals surface area contributed by atoms with Crippen molar-refractivity contribution in [2.45, 2.75) is 19.3 Å². The molecule has 1 rings (SSSR count). The quantitative estimate of drug-likeness (QED) is 0.574. The van der Waals surface area contributed by atoms with Gasteiger partial charge in [-0.1, -0.05) is 42.5 Å². The van der Waals surface area contributed by atoms with Gasteiger partial charge in [0.15, 0.2) is 0 Å². The van der Waals surface area contributed by atoms with Gasteiger partial charge in [0.25, 0.3) is 0 Å². The SMILES string of the molecule is O=C(O)c1ccccc1/C=C/C=C\CCCCO. The molecule has 0 saturated heterocycles. The number of rotatable bonds is 7. The summed E-state index contributed by atoms with van der Waals surface area (Å²) < 4.78 is 0. The van der Waals surface area contributed by atoms with E-state index in [0.29, 0.717) is 11.1 Å². The van der Waals surface area contributed by atoms with Crippen molar-refractivity contribution in [2.24, 2.45) is 0 Å². The van der Waals surface area contributed by atoms with Crippen LogP contribution in [0.2, 0.25) is 0 Å². The molecule has 96 valence electrons. The van der Waals surface area contributed by atoms with Gasteiger partial charge < -0.3 is 10.2 Å². The second-order valence-corrected chi connectivity index (χ2v) is 3.90. The number of hydrogen-bond acceptors (Lipinski definition) is 2. The number of unbranched alkanes of at least 4 members (excludes halogenated alkanes) is 2. The fourth-order valence-electron chi connectivity index (χ4n) is 1.55. The molecular formula is C15H18O3. The molecule has 0 atom stereocenters. The summed E-state index contributed by atoms with van der Waals surface area (Å²) in [4.78, 5) is 11.0. The monoisotopic (exact) mass is 246 g/mol. The van der Waals surface area contributed by atoms with Gasteiger partial charge in [0.1, 0.15) is 0 Å². The number of allylic oxidation sites excluding steroid dienone is 3. The van der Waals surface area contributed by atoms with E-state index in [9.17, 15) is 4.79 Å². The molecule has 2 N–H and O–H groups in total. The van der Waals surface area contributed by atoms with E-state index in [1.807, 2.05) is 24.3 Å². The first-order valence-corrected chi connectivity index (χ1v) is 6.02. The number of carbonyl (C=O) groups is 1. The van der Waals surface area contributed by atoms with Crippen molar-refractivity contribution >= 4 is 12.0 Å². The summed E-state index contributed by atoms with van der Waals surface area (Å²) >= 11 is 0. The van der Waals surface area contributed by atoms with Gasteiger partial charge in [-0.05, 0) is 30.9 Å². The minimum atomic E-state index is -0.915. The van der Waals surface area contributed by atoms with E-state index >= 15 is 0 Å². The van der Waals surface area contributed by atoms with Gasteiger partial charge in [0.2, 0.25) is 0 Å². The summed E-state index contributed by atoms with van der Waals surface area (Å²) in [6.45, 7) is 0.232. The number of hydrogen-bond donors (Lipinski definition) is 2. The molecule has 0 radical (unpaired) electrons. The Kier molecular flexibility index (Phi) is 6.51. The van der Waals surface area contributed by atoms with Gasteiger partial charge in [-0.25, -0.2) is 4.79 Å². The zero-order valence-electron chi connectivity index (χ0n) is 10.2. The molecule has 18 heavy (non-hydrogen) atoms. The first-order valence-electron chi connectivity index (χ1n) is 6.02. The van der Waals surface area contributed by atoms with Crippen LogP contribution in [0.25, 0.3) is 6.08 Å². The third-order valence-corrected chi connectivity index (χ3v) is 2.49. The van der Waals surface area contributed by atoms with Crippen LogP contribution in [0.4, 0.5) is 0 Å². The topological polar surface area (TPSA) is 57.5 Å². The Labute approximate surface area is 107 Å². The number of aromatic carboxylic acids is 1. The highest BCUT2D eigenvalue weighted by Crippen LogP contribution is 2.10. The number of benzene rings is 1. The molecule has 0 fully saturated rings. The van der Waals surface area contributed by atoms with Gasteiger partial charge in [-0.3, -0.25) is 0 Å². The van der Waals surface area contributed by atoms with Gasteiger partial charge >= 0.3 is 5.97 Å². The fourth-order valence-corrected chi connectivity index (χ4v) is 1.55. The van der Waals surface area contributed by atoms with Crippen molar-refractivity contribution in [3.8, 4) is 0 Å². The van der Waals surface area contributed by atoms with Crippen molar-refractivity contribution < 1.29 is 15.0 Å². The minimum absolute atomic E-state index is 0.232. The average Bonchev–Trinajstić information content (AvgIpc) is 2.38. The number of aliphatic hydroxyl groups excluding tert-OH is 1. The number of carboxylic acids is 1. The lowest BCUT2D eigenvalue weighted by Gasteiger charge is -1.98. The van der Waals surface area contributed by atoms with Gasteiger partial charge in [-0.15, -0.1) is 0 Å². The van der Waals surface area contributed by atoms with E-state index in [2.05, 4.69) is 0 Å². The second-order valence-electron chi connectivity index (χ2n) is 3.90. The maximum Gasteiger partial charge on any atom is 0.336 e. The van der Waals surface area contributed by atoms with Crippen LogP contribution in [0.5, 0.6) is 0 Å². The van der Waals surface area contributed by atoms with Gasteiger partial charge in [0.05, 0.1) is 5.56 Å². The first kappa shape index (κ1) is 14.2. The molecule has 3 heteroatoms.